The van der Waals surface area contributed by atoms with Gasteiger partial charge in [0.25, 0.3) is 0 Å². The van der Waals surface area contributed by atoms with Gasteiger partial charge in [-0.05, 0) is 18.9 Å². The lowest BCUT2D eigenvalue weighted by atomic mass is 10.2. The lowest BCUT2D eigenvalue weighted by Crippen LogP contribution is -2.52. The number of hydrogen-bond donors (Lipinski definition) is 0. The van der Waals surface area contributed by atoms with E-state index in [1.165, 1.54) is 10.5 Å². The predicted octanol–water partition coefficient (Wildman–Crippen LogP) is 0.773. The predicted molar refractivity (Wildman–Crippen MR) is 60.8 cm³/mol. The van der Waals surface area contributed by atoms with Gasteiger partial charge in [0, 0.05) is 12.2 Å². The molecule has 1 aromatic heterocycles. The number of halogens is 1. The molecule has 2 fully saturated rings. The minimum absolute atomic E-state index is 0.0344. The van der Waals surface area contributed by atoms with Gasteiger partial charge in [0.15, 0.2) is 0 Å². The van der Waals surface area contributed by atoms with Crippen LogP contribution in [0.4, 0.5) is 4.39 Å². The highest BCUT2D eigenvalue weighted by molar-refractivity contribution is 7.89. The molecule has 0 N–H and O–H groups in total. The first-order chi connectivity index (χ1) is 8.59. The number of rotatable bonds is 4. The van der Waals surface area contributed by atoms with E-state index in [9.17, 15) is 12.8 Å². The summed E-state index contributed by atoms with van der Waals surface area (Å²) >= 11 is 0. The molecule has 0 radical (unpaired) electrons. The lowest BCUT2D eigenvalue weighted by molar-refractivity contribution is -0.0387. The second kappa shape index (κ2) is 4.25. The summed E-state index contributed by atoms with van der Waals surface area (Å²) in [5, 5.41) is 0. The Bertz CT molecular complexity index is 555. The summed E-state index contributed by atoms with van der Waals surface area (Å²) in [4.78, 5) is 3.52. The molecule has 0 amide bonds. The maximum atomic E-state index is 13.1. The van der Waals surface area contributed by atoms with E-state index in [1.807, 2.05) is 0 Å². The Morgan fingerprint density at radius 2 is 2.00 bits per heavy atom. The summed E-state index contributed by atoms with van der Waals surface area (Å²) in [5.74, 6) is -0.642. The minimum atomic E-state index is -3.67. The standard InChI is InChI=1S/C11H13FN2O3S/c12-8-3-11(5-13-4-8)18(15,16)14(9-1-2-9)10-6-17-7-10/h3-5,9-10H,1-2,6-7H2. The number of ether oxygens (including phenoxy) is 1. The van der Waals surface area contributed by atoms with Gasteiger partial charge in [-0.25, -0.2) is 12.8 Å². The van der Waals surface area contributed by atoms with Gasteiger partial charge in [-0.1, -0.05) is 0 Å². The van der Waals surface area contributed by atoms with Gasteiger partial charge >= 0.3 is 0 Å². The topological polar surface area (TPSA) is 59.5 Å². The molecule has 1 aliphatic carbocycles. The number of nitrogens with zero attached hydrogens (tertiary/aromatic N) is 2. The van der Waals surface area contributed by atoms with Gasteiger partial charge in [0.05, 0.1) is 25.5 Å². The van der Waals surface area contributed by atoms with E-state index in [2.05, 4.69) is 4.98 Å². The second-order valence-corrected chi connectivity index (χ2v) is 6.44. The Morgan fingerprint density at radius 1 is 1.28 bits per heavy atom. The van der Waals surface area contributed by atoms with E-state index in [0.717, 1.165) is 25.1 Å². The molecule has 3 rings (SSSR count). The Kier molecular flexibility index (Phi) is 2.84. The normalized spacial score (nSPS) is 21.0. The molecule has 1 saturated heterocycles. The zero-order valence-corrected chi connectivity index (χ0v) is 10.4. The van der Waals surface area contributed by atoms with Crippen molar-refractivity contribution in [1.29, 1.82) is 0 Å². The maximum Gasteiger partial charge on any atom is 0.245 e. The molecule has 0 aromatic carbocycles. The molecule has 0 bridgehead atoms. The highest BCUT2D eigenvalue weighted by atomic mass is 32.2. The monoisotopic (exact) mass is 272 g/mol. The van der Waals surface area contributed by atoms with Gasteiger partial charge < -0.3 is 4.74 Å². The number of hydrogen-bond acceptors (Lipinski definition) is 4. The third kappa shape index (κ3) is 2.02. The molecule has 2 heterocycles. The first-order valence-electron chi connectivity index (χ1n) is 5.81. The van der Waals surface area contributed by atoms with Crippen LogP contribution in [0.2, 0.25) is 0 Å². The fraction of sp³-hybridized carbons (Fsp3) is 0.545. The van der Waals surface area contributed by atoms with Gasteiger partial charge in [0.2, 0.25) is 10.0 Å². The van der Waals surface area contributed by atoms with Crippen LogP contribution in [0, 0.1) is 5.82 Å². The van der Waals surface area contributed by atoms with Crippen molar-refractivity contribution in [3.05, 3.63) is 24.3 Å². The van der Waals surface area contributed by atoms with Crippen molar-refractivity contribution < 1.29 is 17.5 Å². The van der Waals surface area contributed by atoms with E-state index in [1.54, 1.807) is 0 Å². The second-order valence-electron chi connectivity index (χ2n) is 4.60. The van der Waals surface area contributed by atoms with Gasteiger partial charge in [0.1, 0.15) is 10.7 Å². The van der Waals surface area contributed by atoms with Gasteiger partial charge in [-0.3, -0.25) is 4.98 Å². The quantitative estimate of drug-likeness (QED) is 0.812. The van der Waals surface area contributed by atoms with Crippen LogP contribution in [-0.2, 0) is 14.8 Å². The molecule has 5 nitrogen and oxygen atoms in total. The molecule has 1 saturated carbocycles. The SMILES string of the molecule is O=S(=O)(c1cncc(F)c1)N(C1CC1)C1COC1. The molecule has 18 heavy (non-hydrogen) atoms. The molecular weight excluding hydrogens is 259 g/mol. The van der Waals surface area contributed by atoms with Gasteiger partial charge in [-0.2, -0.15) is 4.31 Å². The van der Waals surface area contributed by atoms with Crippen molar-refractivity contribution in [1.82, 2.24) is 9.29 Å². The minimum Gasteiger partial charge on any atom is -0.378 e. The maximum absolute atomic E-state index is 13.1. The Labute approximate surface area is 105 Å². The fourth-order valence-electron chi connectivity index (χ4n) is 2.05. The molecule has 98 valence electrons. The summed E-state index contributed by atoms with van der Waals surface area (Å²) in [6, 6.07) is 0.926. The van der Waals surface area contributed by atoms with Crippen molar-refractivity contribution in [2.24, 2.45) is 0 Å². The lowest BCUT2D eigenvalue weighted by Gasteiger charge is -2.36. The Balaban J connectivity index is 1.96. The fourth-order valence-corrected chi connectivity index (χ4v) is 3.86. The smallest absolute Gasteiger partial charge is 0.245 e. The van der Waals surface area contributed by atoms with E-state index in [0.29, 0.717) is 13.2 Å². The molecule has 1 aromatic rings. The summed E-state index contributed by atoms with van der Waals surface area (Å²) < 4.78 is 44.6. The average molecular weight is 272 g/mol. The molecule has 0 spiro atoms. The van der Waals surface area contributed by atoms with Crippen molar-refractivity contribution in [3.63, 3.8) is 0 Å². The molecule has 0 unspecified atom stereocenters. The largest absolute Gasteiger partial charge is 0.378 e. The zero-order valence-electron chi connectivity index (χ0n) is 9.62. The first kappa shape index (κ1) is 12.0. The van der Waals surface area contributed by atoms with E-state index >= 15 is 0 Å². The van der Waals surface area contributed by atoms with Crippen molar-refractivity contribution >= 4 is 10.0 Å². The van der Waals surface area contributed by atoms with Crippen molar-refractivity contribution in [2.45, 2.75) is 29.8 Å². The van der Waals surface area contributed by atoms with Crippen LogP contribution in [0.5, 0.6) is 0 Å². The number of sulfonamides is 1. The zero-order chi connectivity index (χ0) is 12.8. The molecule has 1 aliphatic heterocycles. The molecule has 7 heteroatoms. The summed E-state index contributed by atoms with van der Waals surface area (Å²) in [7, 11) is -3.67. The number of aromatic nitrogens is 1. The van der Waals surface area contributed by atoms with Crippen LogP contribution >= 0.6 is 0 Å². The van der Waals surface area contributed by atoms with E-state index in [4.69, 9.17) is 4.74 Å². The first-order valence-corrected chi connectivity index (χ1v) is 7.25. The summed E-state index contributed by atoms with van der Waals surface area (Å²) in [6.45, 7) is 0.830. The van der Waals surface area contributed by atoms with Crippen LogP contribution < -0.4 is 0 Å². The van der Waals surface area contributed by atoms with Crippen molar-refractivity contribution in [2.75, 3.05) is 13.2 Å². The van der Waals surface area contributed by atoms with Crippen LogP contribution in [0.3, 0.4) is 0 Å². The Hall–Kier alpha value is -1.05. The molecular formula is C11H13FN2O3S. The summed E-state index contributed by atoms with van der Waals surface area (Å²) in [6.07, 6.45) is 3.90. The van der Waals surface area contributed by atoms with Crippen molar-refractivity contribution in [3.8, 4) is 0 Å². The summed E-state index contributed by atoms with van der Waals surface area (Å²) in [5.41, 5.74) is 0. The highest BCUT2D eigenvalue weighted by Gasteiger charge is 2.45. The van der Waals surface area contributed by atoms with Crippen LogP contribution in [0.15, 0.2) is 23.4 Å². The van der Waals surface area contributed by atoms with Gasteiger partial charge in [-0.15, -0.1) is 0 Å². The van der Waals surface area contributed by atoms with Crippen LogP contribution in [0.25, 0.3) is 0 Å². The third-order valence-electron chi connectivity index (χ3n) is 3.14. The number of pyridine rings is 1. The van der Waals surface area contributed by atoms with Crippen LogP contribution in [-0.4, -0.2) is 43.0 Å². The Morgan fingerprint density at radius 3 is 2.50 bits per heavy atom. The molecule has 2 aliphatic rings. The third-order valence-corrected chi connectivity index (χ3v) is 5.11. The van der Waals surface area contributed by atoms with E-state index in [-0.39, 0.29) is 17.0 Å². The van der Waals surface area contributed by atoms with E-state index < -0.39 is 15.8 Å². The average Bonchev–Trinajstić information content (AvgIpc) is 3.06. The van der Waals surface area contributed by atoms with Crippen LogP contribution in [0.1, 0.15) is 12.8 Å². The highest BCUT2D eigenvalue weighted by Crippen LogP contribution is 2.35. The molecule has 0 atom stereocenters.